The second-order valence-corrected chi connectivity index (χ2v) is 6.14. The monoisotopic (exact) mass is 343 g/mol. The maximum Gasteiger partial charge on any atom is 0.341 e. The number of para-hydroxylation sites is 1. The first-order chi connectivity index (χ1) is 11.7. The van der Waals surface area contributed by atoms with E-state index in [4.69, 9.17) is 14.2 Å². The zero-order valence-corrected chi connectivity index (χ0v) is 14.3. The zero-order valence-electron chi connectivity index (χ0n) is 13.4. The van der Waals surface area contributed by atoms with Crippen LogP contribution >= 0.6 is 11.3 Å². The third-order valence-corrected chi connectivity index (χ3v) is 4.61. The first kappa shape index (κ1) is 16.3. The summed E-state index contributed by atoms with van der Waals surface area (Å²) in [5, 5.41) is 0.950. The average molecular weight is 343 g/mol. The van der Waals surface area contributed by atoms with Gasteiger partial charge >= 0.3 is 5.97 Å². The number of ether oxygens (including phenoxy) is 3. The topological polar surface area (TPSA) is 57.7 Å². The summed E-state index contributed by atoms with van der Waals surface area (Å²) in [6.45, 7) is 0.272. The van der Waals surface area contributed by atoms with E-state index in [0.717, 1.165) is 15.2 Å². The van der Waals surface area contributed by atoms with Crippen molar-refractivity contribution in [3.05, 3.63) is 53.0 Å². The number of methoxy groups -OCH3 is 2. The summed E-state index contributed by atoms with van der Waals surface area (Å²) >= 11 is 1.61. The summed E-state index contributed by atoms with van der Waals surface area (Å²) in [5.74, 6) is 0.632. The standard InChI is InChI=1S/C18H17NO4S/c1-21-12-7-8-13(15(11-12)22-2)18(20)23-10-9-17-19-14-5-3-4-6-16(14)24-17/h3-8,11H,9-10H2,1-2H3. The number of thiazole rings is 1. The highest BCUT2D eigenvalue weighted by molar-refractivity contribution is 7.18. The number of benzene rings is 2. The molecule has 2 aromatic carbocycles. The minimum Gasteiger partial charge on any atom is -0.497 e. The van der Waals surface area contributed by atoms with Crippen molar-refractivity contribution < 1.29 is 19.0 Å². The first-order valence-corrected chi connectivity index (χ1v) is 8.26. The van der Waals surface area contributed by atoms with Crippen molar-refractivity contribution in [3.63, 3.8) is 0 Å². The van der Waals surface area contributed by atoms with Crippen molar-refractivity contribution >= 4 is 27.5 Å². The minimum absolute atomic E-state index is 0.272. The quantitative estimate of drug-likeness (QED) is 0.639. The fourth-order valence-electron chi connectivity index (χ4n) is 2.30. The molecule has 0 bridgehead atoms. The largest absolute Gasteiger partial charge is 0.497 e. The molecule has 0 amide bonds. The van der Waals surface area contributed by atoms with Gasteiger partial charge in [0.15, 0.2) is 0 Å². The highest BCUT2D eigenvalue weighted by atomic mass is 32.1. The number of carbonyl (C=O) groups excluding carboxylic acids is 1. The van der Waals surface area contributed by atoms with Crippen molar-refractivity contribution in [2.24, 2.45) is 0 Å². The van der Waals surface area contributed by atoms with Crippen molar-refractivity contribution in [3.8, 4) is 11.5 Å². The van der Waals surface area contributed by atoms with Crippen LogP contribution in [0.25, 0.3) is 10.2 Å². The SMILES string of the molecule is COc1ccc(C(=O)OCCc2nc3ccccc3s2)c(OC)c1. The number of nitrogens with zero attached hydrogens (tertiary/aromatic N) is 1. The molecule has 0 saturated heterocycles. The van der Waals surface area contributed by atoms with Crippen molar-refractivity contribution in [1.82, 2.24) is 4.98 Å². The lowest BCUT2D eigenvalue weighted by molar-refractivity contribution is 0.0505. The molecule has 3 aromatic rings. The van der Waals surface area contributed by atoms with E-state index in [-0.39, 0.29) is 6.61 Å². The van der Waals surface area contributed by atoms with Gasteiger partial charge in [0.05, 0.1) is 36.1 Å². The van der Waals surface area contributed by atoms with Gasteiger partial charge in [0.2, 0.25) is 0 Å². The molecule has 0 fully saturated rings. The van der Waals surface area contributed by atoms with E-state index < -0.39 is 5.97 Å². The maximum atomic E-state index is 12.2. The Hall–Kier alpha value is -2.60. The lowest BCUT2D eigenvalue weighted by atomic mass is 10.2. The fourth-order valence-corrected chi connectivity index (χ4v) is 3.25. The summed E-state index contributed by atoms with van der Waals surface area (Å²) in [6, 6.07) is 12.9. The molecular formula is C18H17NO4S. The van der Waals surface area contributed by atoms with Crippen LogP contribution in [-0.2, 0) is 11.2 Å². The summed E-state index contributed by atoms with van der Waals surface area (Å²) in [4.78, 5) is 16.8. The van der Waals surface area contributed by atoms with E-state index in [1.54, 1.807) is 36.6 Å². The molecule has 0 unspecified atom stereocenters. The molecule has 1 heterocycles. The molecular weight excluding hydrogens is 326 g/mol. The first-order valence-electron chi connectivity index (χ1n) is 7.45. The summed E-state index contributed by atoms with van der Waals surface area (Å²) in [6.07, 6.45) is 0.587. The van der Waals surface area contributed by atoms with Crippen LogP contribution in [0.15, 0.2) is 42.5 Å². The van der Waals surface area contributed by atoms with E-state index in [1.807, 2.05) is 24.3 Å². The Morgan fingerprint density at radius 2 is 1.96 bits per heavy atom. The number of fused-ring (bicyclic) bond motifs is 1. The number of hydrogen-bond donors (Lipinski definition) is 0. The van der Waals surface area contributed by atoms with E-state index in [2.05, 4.69) is 4.98 Å². The zero-order chi connectivity index (χ0) is 16.9. The van der Waals surface area contributed by atoms with Gasteiger partial charge in [0.25, 0.3) is 0 Å². The average Bonchev–Trinajstić information content (AvgIpc) is 3.03. The second kappa shape index (κ2) is 7.31. The van der Waals surface area contributed by atoms with Crippen LogP contribution in [0.3, 0.4) is 0 Å². The van der Waals surface area contributed by atoms with E-state index in [0.29, 0.717) is 23.5 Å². The molecule has 0 saturated carbocycles. The van der Waals surface area contributed by atoms with Crippen molar-refractivity contribution in [2.45, 2.75) is 6.42 Å². The molecule has 0 aliphatic rings. The number of hydrogen-bond acceptors (Lipinski definition) is 6. The predicted octanol–water partition coefficient (Wildman–Crippen LogP) is 3.71. The molecule has 0 aliphatic heterocycles. The van der Waals surface area contributed by atoms with Crippen LogP contribution in [0.5, 0.6) is 11.5 Å². The molecule has 3 rings (SSSR count). The van der Waals surface area contributed by atoms with Crippen LogP contribution in [0, 0.1) is 0 Å². The van der Waals surface area contributed by atoms with Crippen molar-refractivity contribution in [2.75, 3.05) is 20.8 Å². The van der Waals surface area contributed by atoms with Gasteiger partial charge < -0.3 is 14.2 Å². The lowest BCUT2D eigenvalue weighted by Gasteiger charge is -2.09. The van der Waals surface area contributed by atoms with Gasteiger partial charge in [-0.25, -0.2) is 9.78 Å². The number of aromatic nitrogens is 1. The number of esters is 1. The van der Waals surface area contributed by atoms with Gasteiger partial charge in [-0.1, -0.05) is 12.1 Å². The molecule has 0 aliphatic carbocycles. The van der Waals surface area contributed by atoms with Crippen LogP contribution in [-0.4, -0.2) is 31.8 Å². The Morgan fingerprint density at radius 1 is 1.12 bits per heavy atom. The van der Waals surface area contributed by atoms with E-state index in [9.17, 15) is 4.79 Å². The van der Waals surface area contributed by atoms with Gasteiger partial charge in [-0.2, -0.15) is 0 Å². The van der Waals surface area contributed by atoms with Crippen LogP contribution in [0.2, 0.25) is 0 Å². The molecule has 0 radical (unpaired) electrons. The number of rotatable bonds is 6. The van der Waals surface area contributed by atoms with E-state index in [1.165, 1.54) is 7.11 Å². The van der Waals surface area contributed by atoms with Gasteiger partial charge in [-0.05, 0) is 24.3 Å². The summed E-state index contributed by atoms with van der Waals surface area (Å²) in [7, 11) is 3.07. The van der Waals surface area contributed by atoms with Crippen molar-refractivity contribution in [1.29, 1.82) is 0 Å². The van der Waals surface area contributed by atoms with Crippen LogP contribution in [0.4, 0.5) is 0 Å². The Bertz CT molecular complexity index is 826. The minimum atomic E-state index is -0.421. The Labute approximate surface area is 143 Å². The van der Waals surface area contributed by atoms with Gasteiger partial charge in [0, 0.05) is 12.5 Å². The third kappa shape index (κ3) is 3.49. The normalized spacial score (nSPS) is 10.6. The molecule has 0 atom stereocenters. The predicted molar refractivity (Wildman–Crippen MR) is 93.2 cm³/mol. The molecule has 0 spiro atoms. The molecule has 0 N–H and O–H groups in total. The van der Waals surface area contributed by atoms with Gasteiger partial charge in [-0.15, -0.1) is 11.3 Å². The third-order valence-electron chi connectivity index (χ3n) is 3.52. The molecule has 24 heavy (non-hydrogen) atoms. The molecule has 6 heteroatoms. The highest BCUT2D eigenvalue weighted by Crippen LogP contribution is 2.25. The Kier molecular flexibility index (Phi) is 4.96. The Morgan fingerprint density at radius 3 is 2.71 bits per heavy atom. The maximum absolute atomic E-state index is 12.2. The van der Waals surface area contributed by atoms with Crippen LogP contribution in [0.1, 0.15) is 15.4 Å². The molecule has 5 nitrogen and oxygen atoms in total. The second-order valence-electron chi connectivity index (χ2n) is 5.03. The van der Waals surface area contributed by atoms with Gasteiger partial charge in [-0.3, -0.25) is 0 Å². The summed E-state index contributed by atoms with van der Waals surface area (Å²) in [5.41, 5.74) is 1.35. The number of carbonyl (C=O) groups is 1. The summed E-state index contributed by atoms with van der Waals surface area (Å²) < 4.78 is 16.8. The fraction of sp³-hybridized carbons (Fsp3) is 0.222. The Balaban J connectivity index is 1.63. The molecule has 1 aromatic heterocycles. The molecule has 124 valence electrons. The van der Waals surface area contributed by atoms with E-state index >= 15 is 0 Å². The highest BCUT2D eigenvalue weighted by Gasteiger charge is 2.15. The van der Waals surface area contributed by atoms with Crippen LogP contribution < -0.4 is 9.47 Å². The van der Waals surface area contributed by atoms with Gasteiger partial charge in [0.1, 0.15) is 17.1 Å². The smallest absolute Gasteiger partial charge is 0.341 e. The lowest BCUT2D eigenvalue weighted by Crippen LogP contribution is -2.09.